The first-order valence-corrected chi connectivity index (χ1v) is 6.77. The zero-order chi connectivity index (χ0) is 12.5. The van der Waals surface area contributed by atoms with Crippen LogP contribution in [0.2, 0.25) is 0 Å². The van der Waals surface area contributed by atoms with Crippen LogP contribution in [0.3, 0.4) is 0 Å². The minimum Gasteiger partial charge on any atom is -0.244 e. The van der Waals surface area contributed by atoms with E-state index in [1.165, 1.54) is 11.1 Å². The third-order valence-corrected chi connectivity index (χ3v) is 4.10. The first-order chi connectivity index (χ1) is 7.98. The van der Waals surface area contributed by atoms with Gasteiger partial charge in [0, 0.05) is 0 Å². The molecule has 0 radical (unpaired) electrons. The van der Waals surface area contributed by atoms with Crippen LogP contribution in [0.4, 0.5) is 4.39 Å². The van der Waals surface area contributed by atoms with Gasteiger partial charge in [-0.1, -0.05) is 45.5 Å². The number of alkyl halides is 1. The van der Waals surface area contributed by atoms with Crippen molar-refractivity contribution in [1.82, 2.24) is 0 Å². The molecule has 0 saturated heterocycles. The van der Waals surface area contributed by atoms with E-state index >= 15 is 0 Å². The molecule has 0 heterocycles. The maximum absolute atomic E-state index is 13.7. The van der Waals surface area contributed by atoms with Gasteiger partial charge in [0.25, 0.3) is 0 Å². The molecule has 2 rings (SSSR count). The Labute approximate surface area is 112 Å². The Morgan fingerprint density at radius 3 is 2.06 bits per heavy atom. The molecule has 102 valence electrons. The second-order valence-corrected chi connectivity index (χ2v) is 6.01. The summed E-state index contributed by atoms with van der Waals surface area (Å²) >= 11 is 0. The Morgan fingerprint density at radius 1 is 1.11 bits per heavy atom. The average molecular weight is 250 g/mol. The smallest absolute Gasteiger partial charge is 0.108 e. The largest absolute Gasteiger partial charge is 0.244 e. The Balaban J connectivity index is 0.00000162. The van der Waals surface area contributed by atoms with Crippen molar-refractivity contribution in [3.8, 4) is 0 Å². The van der Waals surface area contributed by atoms with Gasteiger partial charge in [-0.15, -0.1) is 0 Å². The molecule has 1 aromatic rings. The van der Waals surface area contributed by atoms with Crippen molar-refractivity contribution in [2.75, 3.05) is 0 Å². The fraction of sp³-hybridized carbons (Fsp3) is 0.647. The van der Waals surface area contributed by atoms with Crippen molar-refractivity contribution in [3.63, 3.8) is 0 Å². The van der Waals surface area contributed by atoms with Crippen LogP contribution < -0.4 is 0 Å². The third-order valence-electron chi connectivity index (χ3n) is 4.10. The van der Waals surface area contributed by atoms with E-state index in [0.717, 1.165) is 12.8 Å². The summed E-state index contributed by atoms with van der Waals surface area (Å²) in [5, 5.41) is 0. The van der Waals surface area contributed by atoms with Crippen molar-refractivity contribution in [1.29, 1.82) is 0 Å². The summed E-state index contributed by atoms with van der Waals surface area (Å²) in [6.45, 7) is 6.17. The Morgan fingerprint density at radius 2 is 1.61 bits per heavy atom. The van der Waals surface area contributed by atoms with Crippen LogP contribution in [-0.4, -0.2) is 5.67 Å². The number of rotatable bonds is 2. The van der Waals surface area contributed by atoms with Crippen LogP contribution in [0.25, 0.3) is 0 Å². The molecule has 0 aromatic heterocycles. The fourth-order valence-electron chi connectivity index (χ4n) is 2.71. The summed E-state index contributed by atoms with van der Waals surface area (Å²) in [4.78, 5) is 0. The van der Waals surface area contributed by atoms with Gasteiger partial charge < -0.3 is 0 Å². The first-order valence-electron chi connectivity index (χ1n) is 6.77. The van der Waals surface area contributed by atoms with Crippen molar-refractivity contribution in [2.24, 2.45) is 0 Å². The van der Waals surface area contributed by atoms with Crippen molar-refractivity contribution in [2.45, 2.75) is 71.4 Å². The molecule has 1 fully saturated rings. The average Bonchev–Trinajstić information content (AvgIpc) is 2.29. The predicted molar refractivity (Wildman–Crippen MR) is 78.0 cm³/mol. The third kappa shape index (κ3) is 3.57. The molecule has 0 N–H and O–H groups in total. The molecule has 1 aliphatic carbocycles. The molecule has 0 atom stereocenters. The van der Waals surface area contributed by atoms with Crippen LogP contribution in [0, 0.1) is 0 Å². The molecular formula is C17H27F. The second kappa shape index (κ2) is 5.86. The normalized spacial score (nSPS) is 27.9. The monoisotopic (exact) mass is 250 g/mol. The molecular weight excluding hydrogens is 223 g/mol. The van der Waals surface area contributed by atoms with Gasteiger partial charge >= 0.3 is 0 Å². The summed E-state index contributed by atoms with van der Waals surface area (Å²) in [5.41, 5.74) is 1.86. The summed E-state index contributed by atoms with van der Waals surface area (Å²) in [7, 11) is 0. The molecule has 0 aliphatic heterocycles. The Bertz CT molecular complexity index is 352. The zero-order valence-electron chi connectivity index (χ0n) is 11.2. The van der Waals surface area contributed by atoms with Gasteiger partial charge in [-0.25, -0.2) is 4.39 Å². The van der Waals surface area contributed by atoms with Crippen LogP contribution >= 0.6 is 0 Å². The van der Waals surface area contributed by atoms with E-state index in [1.54, 1.807) is 6.92 Å². The lowest BCUT2D eigenvalue weighted by atomic mass is 9.77. The minimum absolute atomic E-state index is 0. The van der Waals surface area contributed by atoms with Crippen LogP contribution in [0.5, 0.6) is 0 Å². The van der Waals surface area contributed by atoms with E-state index in [4.69, 9.17) is 0 Å². The standard InChI is InChI=1S/C16H23F.CH4/c1-12(2)13-4-6-14(7-5-13)15-8-10-16(3,17)11-9-15;/h4-7,12,15H,8-11H2,1-3H3;1H4. The van der Waals surface area contributed by atoms with Gasteiger partial charge in [0.05, 0.1) is 0 Å². The first kappa shape index (κ1) is 15.2. The van der Waals surface area contributed by atoms with Gasteiger partial charge in [0.15, 0.2) is 0 Å². The Kier molecular flexibility index (Phi) is 4.95. The molecule has 0 spiro atoms. The summed E-state index contributed by atoms with van der Waals surface area (Å²) in [6, 6.07) is 8.92. The van der Waals surface area contributed by atoms with Crippen molar-refractivity contribution >= 4 is 0 Å². The second-order valence-electron chi connectivity index (χ2n) is 6.01. The zero-order valence-corrected chi connectivity index (χ0v) is 11.2. The van der Waals surface area contributed by atoms with Gasteiger partial charge in [-0.3, -0.25) is 0 Å². The summed E-state index contributed by atoms with van der Waals surface area (Å²) < 4.78 is 13.7. The van der Waals surface area contributed by atoms with E-state index in [0.29, 0.717) is 24.7 Å². The molecule has 0 unspecified atom stereocenters. The van der Waals surface area contributed by atoms with Gasteiger partial charge in [0.1, 0.15) is 5.67 Å². The number of hydrogen-bond donors (Lipinski definition) is 0. The summed E-state index contributed by atoms with van der Waals surface area (Å²) in [6.07, 6.45) is 3.41. The molecule has 1 saturated carbocycles. The lowest BCUT2D eigenvalue weighted by molar-refractivity contribution is 0.120. The molecule has 0 bridgehead atoms. The highest BCUT2D eigenvalue weighted by molar-refractivity contribution is 5.27. The quantitative estimate of drug-likeness (QED) is 0.619. The van der Waals surface area contributed by atoms with E-state index in [-0.39, 0.29) is 7.43 Å². The van der Waals surface area contributed by atoms with Crippen LogP contribution in [-0.2, 0) is 0 Å². The van der Waals surface area contributed by atoms with Gasteiger partial charge in [-0.05, 0) is 55.6 Å². The van der Waals surface area contributed by atoms with Gasteiger partial charge in [0.2, 0.25) is 0 Å². The number of benzene rings is 1. The van der Waals surface area contributed by atoms with Crippen LogP contribution in [0.15, 0.2) is 24.3 Å². The molecule has 18 heavy (non-hydrogen) atoms. The lowest BCUT2D eigenvalue weighted by Gasteiger charge is -2.31. The van der Waals surface area contributed by atoms with Gasteiger partial charge in [-0.2, -0.15) is 0 Å². The number of halogens is 1. The van der Waals surface area contributed by atoms with Crippen molar-refractivity contribution < 1.29 is 4.39 Å². The van der Waals surface area contributed by atoms with Crippen LogP contribution in [0.1, 0.15) is 76.8 Å². The highest BCUT2D eigenvalue weighted by Gasteiger charge is 2.31. The molecule has 0 amide bonds. The predicted octanol–water partition coefficient (Wildman–Crippen LogP) is 5.83. The molecule has 1 heteroatoms. The van der Waals surface area contributed by atoms with E-state index < -0.39 is 5.67 Å². The minimum atomic E-state index is -0.922. The molecule has 1 aliphatic rings. The summed E-state index contributed by atoms with van der Waals surface area (Å²) in [5.74, 6) is 1.16. The highest BCUT2D eigenvalue weighted by Crippen LogP contribution is 2.39. The SMILES string of the molecule is C.CC(C)c1ccc(C2CCC(C)(F)CC2)cc1. The fourth-order valence-corrected chi connectivity index (χ4v) is 2.71. The van der Waals surface area contributed by atoms with Crippen molar-refractivity contribution in [3.05, 3.63) is 35.4 Å². The maximum Gasteiger partial charge on any atom is 0.108 e. The lowest BCUT2D eigenvalue weighted by Crippen LogP contribution is -2.25. The maximum atomic E-state index is 13.7. The molecule has 0 nitrogen and oxygen atoms in total. The topological polar surface area (TPSA) is 0 Å². The highest BCUT2D eigenvalue weighted by atomic mass is 19.1. The Hall–Kier alpha value is -0.850. The van der Waals surface area contributed by atoms with E-state index in [1.807, 2.05) is 0 Å². The molecule has 1 aromatic carbocycles. The van der Waals surface area contributed by atoms with E-state index in [9.17, 15) is 4.39 Å². The number of hydrogen-bond acceptors (Lipinski definition) is 0. The van der Waals surface area contributed by atoms with E-state index in [2.05, 4.69) is 38.1 Å².